The van der Waals surface area contributed by atoms with Gasteiger partial charge in [-0.2, -0.15) is 0 Å². The van der Waals surface area contributed by atoms with E-state index in [9.17, 15) is 0 Å². The van der Waals surface area contributed by atoms with E-state index in [1.165, 1.54) is 0 Å². The Kier molecular flexibility index (Phi) is 2.99. The van der Waals surface area contributed by atoms with E-state index in [1.807, 2.05) is 42.8 Å². The van der Waals surface area contributed by atoms with Gasteiger partial charge in [0, 0.05) is 17.6 Å². The van der Waals surface area contributed by atoms with Crippen molar-refractivity contribution < 1.29 is 0 Å². The van der Waals surface area contributed by atoms with Gasteiger partial charge in [-0.3, -0.25) is 0 Å². The molecule has 0 aliphatic rings. The zero-order valence-electron chi connectivity index (χ0n) is 9.37. The summed E-state index contributed by atoms with van der Waals surface area (Å²) in [4.78, 5) is 4.43. The summed E-state index contributed by atoms with van der Waals surface area (Å²) in [7, 11) is 1.96. The van der Waals surface area contributed by atoms with E-state index in [0.29, 0.717) is 6.54 Å². The minimum Gasteiger partial charge on any atom is -0.330 e. The molecule has 0 fully saturated rings. The average molecular weight is 236 g/mol. The first kappa shape index (κ1) is 11.2. The highest BCUT2D eigenvalue weighted by Gasteiger charge is 2.14. The molecule has 0 radical (unpaired) electrons. The molecule has 0 saturated heterocycles. The van der Waals surface area contributed by atoms with Crippen LogP contribution in [0.25, 0.3) is 11.3 Å². The van der Waals surface area contributed by atoms with Crippen molar-refractivity contribution in [1.82, 2.24) is 9.55 Å². The quantitative estimate of drug-likeness (QED) is 0.869. The van der Waals surface area contributed by atoms with E-state index in [-0.39, 0.29) is 0 Å². The number of imidazole rings is 1. The summed E-state index contributed by atoms with van der Waals surface area (Å²) >= 11 is 6.18. The van der Waals surface area contributed by atoms with Gasteiger partial charge in [0.25, 0.3) is 0 Å². The number of rotatable bonds is 2. The molecule has 2 aromatic rings. The van der Waals surface area contributed by atoms with Crippen molar-refractivity contribution in [3.05, 3.63) is 40.8 Å². The minimum atomic E-state index is 0.432. The molecule has 1 aromatic carbocycles. The molecule has 2 N–H and O–H groups in total. The van der Waals surface area contributed by atoms with Crippen LogP contribution in [-0.2, 0) is 13.6 Å². The summed E-state index contributed by atoms with van der Waals surface area (Å²) in [6, 6.07) is 7.76. The summed E-state index contributed by atoms with van der Waals surface area (Å²) in [6.45, 7) is 2.40. The Labute approximate surface area is 99.9 Å². The van der Waals surface area contributed by atoms with E-state index in [0.717, 1.165) is 27.8 Å². The molecule has 84 valence electrons. The van der Waals surface area contributed by atoms with Crippen molar-refractivity contribution >= 4 is 11.6 Å². The number of hydrogen-bond acceptors (Lipinski definition) is 2. The van der Waals surface area contributed by atoms with Gasteiger partial charge < -0.3 is 10.3 Å². The summed E-state index contributed by atoms with van der Waals surface area (Å²) in [5.41, 5.74) is 8.62. The predicted octanol–water partition coefficient (Wildman–Crippen LogP) is 2.51. The van der Waals surface area contributed by atoms with Crippen LogP contribution in [0.1, 0.15) is 11.5 Å². The Bertz CT molecular complexity index is 517. The molecule has 0 amide bonds. The van der Waals surface area contributed by atoms with Gasteiger partial charge in [-0.15, -0.1) is 0 Å². The normalized spacial score (nSPS) is 10.8. The van der Waals surface area contributed by atoms with Crippen molar-refractivity contribution in [3.8, 4) is 11.3 Å². The van der Waals surface area contributed by atoms with Crippen LogP contribution < -0.4 is 5.73 Å². The predicted molar refractivity (Wildman–Crippen MR) is 66.3 cm³/mol. The Morgan fingerprint density at radius 2 is 2.06 bits per heavy atom. The van der Waals surface area contributed by atoms with Gasteiger partial charge in [0.05, 0.1) is 17.9 Å². The molecule has 16 heavy (non-hydrogen) atoms. The maximum Gasteiger partial charge on any atom is 0.122 e. The highest BCUT2D eigenvalue weighted by atomic mass is 35.5. The molecule has 0 atom stereocenters. The maximum atomic E-state index is 6.18. The van der Waals surface area contributed by atoms with Crippen LogP contribution in [0.3, 0.4) is 0 Å². The molecular weight excluding hydrogens is 222 g/mol. The highest BCUT2D eigenvalue weighted by Crippen LogP contribution is 2.30. The molecule has 0 saturated carbocycles. The summed E-state index contributed by atoms with van der Waals surface area (Å²) in [5, 5.41) is 0.733. The SMILES string of the molecule is Cc1nc(CN)n(C)c1-c1ccccc1Cl. The van der Waals surface area contributed by atoms with Gasteiger partial charge in [-0.1, -0.05) is 29.8 Å². The third-order valence-corrected chi connectivity index (χ3v) is 3.00. The number of hydrogen-bond donors (Lipinski definition) is 1. The fourth-order valence-corrected chi connectivity index (χ4v) is 2.13. The second-order valence-corrected chi connectivity index (χ2v) is 4.11. The smallest absolute Gasteiger partial charge is 0.122 e. The lowest BCUT2D eigenvalue weighted by molar-refractivity contribution is 0.798. The van der Waals surface area contributed by atoms with E-state index >= 15 is 0 Å². The third kappa shape index (κ3) is 1.72. The lowest BCUT2D eigenvalue weighted by Crippen LogP contribution is -2.05. The number of nitrogens with zero attached hydrogens (tertiary/aromatic N) is 2. The van der Waals surface area contributed by atoms with Gasteiger partial charge in [-0.25, -0.2) is 4.98 Å². The summed E-state index contributed by atoms with van der Waals surface area (Å²) < 4.78 is 2.00. The van der Waals surface area contributed by atoms with Crippen molar-refractivity contribution in [2.45, 2.75) is 13.5 Å². The zero-order valence-corrected chi connectivity index (χ0v) is 10.1. The topological polar surface area (TPSA) is 43.8 Å². The number of aryl methyl sites for hydroxylation is 1. The van der Waals surface area contributed by atoms with Crippen LogP contribution >= 0.6 is 11.6 Å². The monoisotopic (exact) mass is 235 g/mol. The second kappa shape index (κ2) is 4.28. The van der Waals surface area contributed by atoms with Gasteiger partial charge in [-0.05, 0) is 13.0 Å². The standard InChI is InChI=1S/C12H14ClN3/c1-8-12(16(2)11(7-14)15-8)9-5-3-4-6-10(9)13/h3-6H,7,14H2,1-2H3. The van der Waals surface area contributed by atoms with Crippen molar-refractivity contribution in [3.63, 3.8) is 0 Å². The van der Waals surface area contributed by atoms with Crippen LogP contribution in [0.4, 0.5) is 0 Å². The summed E-state index contributed by atoms with van der Waals surface area (Å²) in [5.74, 6) is 0.868. The van der Waals surface area contributed by atoms with Crippen LogP contribution in [0.15, 0.2) is 24.3 Å². The zero-order chi connectivity index (χ0) is 11.7. The first-order chi connectivity index (χ1) is 7.65. The van der Waals surface area contributed by atoms with E-state index < -0.39 is 0 Å². The maximum absolute atomic E-state index is 6.18. The number of halogens is 1. The first-order valence-electron chi connectivity index (χ1n) is 5.12. The van der Waals surface area contributed by atoms with Gasteiger partial charge in [0.1, 0.15) is 5.82 Å². The Balaban J connectivity index is 2.65. The third-order valence-electron chi connectivity index (χ3n) is 2.67. The molecule has 0 aliphatic heterocycles. The fraction of sp³-hybridized carbons (Fsp3) is 0.250. The number of benzene rings is 1. The molecule has 1 heterocycles. The van der Waals surface area contributed by atoms with Crippen molar-refractivity contribution in [2.75, 3.05) is 0 Å². The fourth-order valence-electron chi connectivity index (χ4n) is 1.90. The number of nitrogens with two attached hydrogens (primary N) is 1. The second-order valence-electron chi connectivity index (χ2n) is 3.71. The van der Waals surface area contributed by atoms with Crippen LogP contribution in [0, 0.1) is 6.92 Å². The van der Waals surface area contributed by atoms with Crippen LogP contribution in [-0.4, -0.2) is 9.55 Å². The molecule has 0 unspecified atom stereocenters. The Morgan fingerprint density at radius 3 is 2.62 bits per heavy atom. The minimum absolute atomic E-state index is 0.432. The highest BCUT2D eigenvalue weighted by molar-refractivity contribution is 6.33. The van der Waals surface area contributed by atoms with E-state index in [4.69, 9.17) is 17.3 Å². The van der Waals surface area contributed by atoms with Crippen molar-refractivity contribution in [2.24, 2.45) is 12.8 Å². The van der Waals surface area contributed by atoms with Gasteiger partial charge >= 0.3 is 0 Å². The lowest BCUT2D eigenvalue weighted by atomic mass is 10.1. The molecule has 0 spiro atoms. The molecule has 1 aromatic heterocycles. The lowest BCUT2D eigenvalue weighted by Gasteiger charge is -2.07. The summed E-state index contributed by atoms with van der Waals surface area (Å²) in [6.07, 6.45) is 0. The molecule has 4 heteroatoms. The van der Waals surface area contributed by atoms with E-state index in [1.54, 1.807) is 0 Å². The number of aromatic nitrogens is 2. The van der Waals surface area contributed by atoms with E-state index in [2.05, 4.69) is 4.98 Å². The Morgan fingerprint density at radius 1 is 1.38 bits per heavy atom. The molecular formula is C12H14ClN3. The molecule has 2 rings (SSSR count). The molecule has 0 bridgehead atoms. The first-order valence-corrected chi connectivity index (χ1v) is 5.50. The largest absolute Gasteiger partial charge is 0.330 e. The van der Waals surface area contributed by atoms with Gasteiger partial charge in [0.15, 0.2) is 0 Å². The van der Waals surface area contributed by atoms with Crippen molar-refractivity contribution in [1.29, 1.82) is 0 Å². The average Bonchev–Trinajstić information content (AvgIpc) is 2.55. The van der Waals surface area contributed by atoms with Crippen LogP contribution in [0.2, 0.25) is 5.02 Å². The Hall–Kier alpha value is -1.32. The van der Waals surface area contributed by atoms with Gasteiger partial charge in [0.2, 0.25) is 0 Å². The molecule has 0 aliphatic carbocycles. The molecule has 3 nitrogen and oxygen atoms in total. The van der Waals surface area contributed by atoms with Crippen LogP contribution in [0.5, 0.6) is 0 Å².